The lowest BCUT2D eigenvalue weighted by Gasteiger charge is -2.10. The molecule has 1 N–H and O–H groups in total. The largest absolute Gasteiger partial charge is 0.242 e. The molecule has 0 saturated heterocycles. The number of sulfone groups is 1. The van der Waals surface area contributed by atoms with Gasteiger partial charge in [-0.25, -0.2) is 31.2 Å². The van der Waals surface area contributed by atoms with Crippen LogP contribution in [0.15, 0.2) is 56.9 Å². The minimum absolute atomic E-state index is 0.00225. The fourth-order valence-corrected chi connectivity index (χ4v) is 5.41. The maximum absolute atomic E-state index is 12.7. The van der Waals surface area contributed by atoms with Crippen LogP contribution in [0.2, 0.25) is 0 Å². The SMILES string of the molecule is Cc1cc(C)n(-c2ccc(CNS(=O)(=O)c3cc(S(C)(=O)=O)ccc3Br)cn2)n1. The van der Waals surface area contributed by atoms with Gasteiger partial charge in [0.1, 0.15) is 0 Å². The molecule has 2 heterocycles. The van der Waals surface area contributed by atoms with Crippen molar-refractivity contribution in [1.82, 2.24) is 19.5 Å². The first-order valence-electron chi connectivity index (χ1n) is 8.45. The number of benzene rings is 1. The third-order valence-corrected chi connectivity index (χ3v) is 7.63. The summed E-state index contributed by atoms with van der Waals surface area (Å²) in [6.45, 7) is 3.82. The van der Waals surface area contributed by atoms with E-state index in [1.165, 1.54) is 12.1 Å². The van der Waals surface area contributed by atoms with Crippen molar-refractivity contribution in [3.05, 3.63) is 64.0 Å². The molecule has 0 aliphatic heterocycles. The Labute approximate surface area is 178 Å². The van der Waals surface area contributed by atoms with Crippen molar-refractivity contribution >= 4 is 35.8 Å². The third-order valence-electron chi connectivity index (χ3n) is 4.12. The van der Waals surface area contributed by atoms with E-state index in [-0.39, 0.29) is 20.8 Å². The molecule has 1 aromatic carbocycles. The Morgan fingerprint density at radius 3 is 2.34 bits per heavy atom. The normalized spacial score (nSPS) is 12.3. The molecule has 8 nitrogen and oxygen atoms in total. The summed E-state index contributed by atoms with van der Waals surface area (Å²) in [6, 6.07) is 9.32. The second kappa shape index (κ2) is 7.98. The van der Waals surface area contributed by atoms with Crippen LogP contribution in [0.5, 0.6) is 0 Å². The molecule has 11 heteroatoms. The average molecular weight is 499 g/mol. The molecule has 0 fully saturated rings. The van der Waals surface area contributed by atoms with Crippen molar-refractivity contribution in [2.45, 2.75) is 30.2 Å². The van der Waals surface area contributed by atoms with Gasteiger partial charge in [-0.05, 0) is 65.7 Å². The van der Waals surface area contributed by atoms with Gasteiger partial charge in [0.2, 0.25) is 10.0 Å². The molecule has 3 aromatic rings. The Balaban J connectivity index is 1.80. The van der Waals surface area contributed by atoms with E-state index in [1.54, 1.807) is 23.0 Å². The van der Waals surface area contributed by atoms with Crippen molar-refractivity contribution in [2.75, 3.05) is 6.26 Å². The monoisotopic (exact) mass is 498 g/mol. The van der Waals surface area contributed by atoms with Crippen LogP contribution in [0.3, 0.4) is 0 Å². The number of nitrogens with zero attached hydrogens (tertiary/aromatic N) is 3. The number of halogens is 1. The fraction of sp³-hybridized carbons (Fsp3) is 0.222. The van der Waals surface area contributed by atoms with Gasteiger partial charge < -0.3 is 0 Å². The van der Waals surface area contributed by atoms with E-state index >= 15 is 0 Å². The van der Waals surface area contributed by atoms with Crippen molar-refractivity contribution in [3.63, 3.8) is 0 Å². The summed E-state index contributed by atoms with van der Waals surface area (Å²) in [5, 5.41) is 4.36. The molecule has 0 aliphatic rings. The number of hydrogen-bond donors (Lipinski definition) is 1. The number of aromatic nitrogens is 3. The van der Waals surface area contributed by atoms with Crippen LogP contribution in [-0.4, -0.2) is 37.9 Å². The summed E-state index contributed by atoms with van der Waals surface area (Å²) in [5.74, 6) is 0.630. The number of sulfonamides is 1. The van der Waals surface area contributed by atoms with Gasteiger partial charge in [0, 0.05) is 29.2 Å². The molecule has 0 spiro atoms. The van der Waals surface area contributed by atoms with Crippen LogP contribution in [0, 0.1) is 13.8 Å². The maximum Gasteiger partial charge on any atom is 0.242 e. The summed E-state index contributed by atoms with van der Waals surface area (Å²) in [5.41, 5.74) is 2.47. The summed E-state index contributed by atoms with van der Waals surface area (Å²) < 4.78 is 53.3. The van der Waals surface area contributed by atoms with Gasteiger partial charge in [0.15, 0.2) is 15.7 Å². The van der Waals surface area contributed by atoms with Crippen molar-refractivity contribution in [1.29, 1.82) is 0 Å². The molecule has 0 unspecified atom stereocenters. The zero-order valence-corrected chi connectivity index (χ0v) is 19.1. The first kappa shape index (κ1) is 21.6. The zero-order chi connectivity index (χ0) is 21.4. The van der Waals surface area contributed by atoms with Gasteiger partial charge >= 0.3 is 0 Å². The van der Waals surface area contributed by atoms with E-state index in [2.05, 4.69) is 30.7 Å². The van der Waals surface area contributed by atoms with Gasteiger partial charge in [-0.2, -0.15) is 5.10 Å². The highest BCUT2D eigenvalue weighted by Crippen LogP contribution is 2.25. The molecule has 154 valence electrons. The number of nitrogens with one attached hydrogen (secondary N) is 1. The molecular weight excluding hydrogens is 480 g/mol. The Bertz CT molecular complexity index is 1270. The first-order valence-corrected chi connectivity index (χ1v) is 12.6. The molecule has 0 amide bonds. The smallest absolute Gasteiger partial charge is 0.237 e. The zero-order valence-electron chi connectivity index (χ0n) is 15.9. The van der Waals surface area contributed by atoms with Crippen LogP contribution >= 0.6 is 15.9 Å². The topological polar surface area (TPSA) is 111 Å². The van der Waals surface area contributed by atoms with E-state index in [4.69, 9.17) is 0 Å². The second-order valence-corrected chi connectivity index (χ2v) is 11.2. The Morgan fingerprint density at radius 1 is 1.07 bits per heavy atom. The number of aryl methyl sites for hydroxylation is 2. The third kappa shape index (κ3) is 4.92. The lowest BCUT2D eigenvalue weighted by atomic mass is 10.3. The summed E-state index contributed by atoms with van der Waals surface area (Å²) >= 11 is 3.17. The molecule has 0 bridgehead atoms. The highest BCUT2D eigenvalue weighted by atomic mass is 79.9. The van der Waals surface area contributed by atoms with Gasteiger partial charge in [0.05, 0.1) is 15.5 Å². The molecule has 0 aliphatic carbocycles. The minimum atomic E-state index is -3.94. The molecule has 0 atom stereocenters. The van der Waals surface area contributed by atoms with Crippen LogP contribution in [0.25, 0.3) is 5.82 Å². The van der Waals surface area contributed by atoms with Crippen LogP contribution in [-0.2, 0) is 26.4 Å². The number of hydrogen-bond acceptors (Lipinski definition) is 6. The fourth-order valence-electron chi connectivity index (χ4n) is 2.68. The maximum atomic E-state index is 12.7. The summed E-state index contributed by atoms with van der Waals surface area (Å²) in [4.78, 5) is 4.12. The molecule has 29 heavy (non-hydrogen) atoms. The quantitative estimate of drug-likeness (QED) is 0.558. The predicted octanol–water partition coefficient (Wildman–Crippen LogP) is 2.53. The van der Waals surface area contributed by atoms with E-state index < -0.39 is 19.9 Å². The standard InChI is InChI=1S/C18H19BrN4O4S2/c1-12-8-13(2)23(22-12)18-7-4-14(10-20-18)11-21-29(26,27)17-9-15(28(3,24)25)5-6-16(17)19/h4-10,21H,11H2,1-3H3. The lowest BCUT2D eigenvalue weighted by Crippen LogP contribution is -2.24. The van der Waals surface area contributed by atoms with Gasteiger partial charge in [-0.15, -0.1) is 0 Å². The number of pyridine rings is 1. The van der Waals surface area contributed by atoms with Crippen LogP contribution < -0.4 is 4.72 Å². The van der Waals surface area contributed by atoms with E-state index in [9.17, 15) is 16.8 Å². The van der Waals surface area contributed by atoms with Crippen LogP contribution in [0.4, 0.5) is 0 Å². The van der Waals surface area contributed by atoms with Gasteiger partial charge in [-0.3, -0.25) is 0 Å². The van der Waals surface area contributed by atoms with Crippen molar-refractivity contribution in [3.8, 4) is 5.82 Å². The van der Waals surface area contributed by atoms with Gasteiger partial charge in [-0.1, -0.05) is 6.07 Å². The van der Waals surface area contributed by atoms with Crippen molar-refractivity contribution < 1.29 is 16.8 Å². The minimum Gasteiger partial charge on any atom is -0.237 e. The lowest BCUT2D eigenvalue weighted by molar-refractivity contribution is 0.580. The van der Waals surface area contributed by atoms with E-state index in [0.717, 1.165) is 23.7 Å². The second-order valence-electron chi connectivity index (χ2n) is 6.55. The predicted molar refractivity (Wildman–Crippen MR) is 112 cm³/mol. The molecule has 0 radical (unpaired) electrons. The molecule has 2 aromatic heterocycles. The molecule has 3 rings (SSSR count). The van der Waals surface area contributed by atoms with E-state index in [0.29, 0.717) is 11.4 Å². The van der Waals surface area contributed by atoms with E-state index in [1.807, 2.05) is 19.9 Å². The Morgan fingerprint density at radius 2 is 1.79 bits per heavy atom. The Kier molecular flexibility index (Phi) is 5.95. The highest BCUT2D eigenvalue weighted by Gasteiger charge is 2.20. The first-order chi connectivity index (χ1) is 13.5. The summed E-state index contributed by atoms with van der Waals surface area (Å²) in [6.07, 6.45) is 2.59. The molecule has 0 saturated carbocycles. The average Bonchev–Trinajstić information content (AvgIpc) is 2.98. The molecular formula is C18H19BrN4O4S2. The van der Waals surface area contributed by atoms with Gasteiger partial charge in [0.25, 0.3) is 0 Å². The summed E-state index contributed by atoms with van der Waals surface area (Å²) in [7, 11) is -7.48. The van der Waals surface area contributed by atoms with Crippen molar-refractivity contribution in [2.24, 2.45) is 0 Å². The van der Waals surface area contributed by atoms with Crippen LogP contribution in [0.1, 0.15) is 17.0 Å². The Hall–Kier alpha value is -2.08. The number of rotatable bonds is 6. The highest BCUT2D eigenvalue weighted by molar-refractivity contribution is 9.10.